The van der Waals surface area contributed by atoms with E-state index in [0.717, 1.165) is 12.1 Å². The van der Waals surface area contributed by atoms with Gasteiger partial charge in [-0.3, -0.25) is 0 Å². The molecule has 1 aliphatic heterocycles. The molecule has 94 valence electrons. The molecule has 1 aliphatic rings. The number of rotatable bonds is 3. The van der Waals surface area contributed by atoms with Gasteiger partial charge in [0.15, 0.2) is 0 Å². The number of benzene rings is 1. The maximum Gasteiger partial charge on any atom is 0.315 e. The van der Waals surface area contributed by atoms with Crippen molar-refractivity contribution in [3.05, 3.63) is 35.4 Å². The van der Waals surface area contributed by atoms with Crippen LogP contribution in [0, 0.1) is 11.6 Å². The van der Waals surface area contributed by atoms with Crippen molar-refractivity contribution >= 4 is 15.9 Å². The SMILES string of the molecule is COC1(c2ccc(F)cc2F)OCC(CBr)O1. The van der Waals surface area contributed by atoms with E-state index in [1.54, 1.807) is 0 Å². The average Bonchev–Trinajstić information content (AvgIpc) is 2.74. The largest absolute Gasteiger partial charge is 0.327 e. The molecule has 0 radical (unpaired) electrons. The van der Waals surface area contributed by atoms with E-state index in [1.165, 1.54) is 13.2 Å². The van der Waals surface area contributed by atoms with Crippen molar-refractivity contribution in [2.45, 2.75) is 12.1 Å². The van der Waals surface area contributed by atoms with Crippen LogP contribution >= 0.6 is 15.9 Å². The zero-order valence-corrected chi connectivity index (χ0v) is 10.7. The molecule has 0 bridgehead atoms. The van der Waals surface area contributed by atoms with Crippen LogP contribution in [0.2, 0.25) is 0 Å². The molecule has 0 aliphatic carbocycles. The zero-order chi connectivity index (χ0) is 12.5. The monoisotopic (exact) mass is 308 g/mol. The van der Waals surface area contributed by atoms with Crippen LogP contribution in [-0.4, -0.2) is 25.2 Å². The van der Waals surface area contributed by atoms with Gasteiger partial charge in [-0.25, -0.2) is 8.78 Å². The van der Waals surface area contributed by atoms with Crippen molar-refractivity contribution in [2.24, 2.45) is 0 Å². The summed E-state index contributed by atoms with van der Waals surface area (Å²) in [5.74, 6) is -3.01. The van der Waals surface area contributed by atoms with E-state index >= 15 is 0 Å². The number of methoxy groups -OCH3 is 1. The highest BCUT2D eigenvalue weighted by Gasteiger charge is 2.45. The van der Waals surface area contributed by atoms with E-state index in [-0.39, 0.29) is 18.3 Å². The fourth-order valence-electron chi connectivity index (χ4n) is 1.66. The Kier molecular flexibility index (Phi) is 3.77. The van der Waals surface area contributed by atoms with Crippen molar-refractivity contribution in [1.29, 1.82) is 0 Å². The van der Waals surface area contributed by atoms with E-state index in [0.29, 0.717) is 5.33 Å². The molecule has 1 saturated heterocycles. The Morgan fingerprint density at radius 1 is 1.53 bits per heavy atom. The summed E-state index contributed by atoms with van der Waals surface area (Å²) in [6, 6.07) is 3.16. The van der Waals surface area contributed by atoms with Crippen LogP contribution in [0.15, 0.2) is 18.2 Å². The van der Waals surface area contributed by atoms with Crippen LogP contribution in [0.3, 0.4) is 0 Å². The van der Waals surface area contributed by atoms with E-state index in [9.17, 15) is 8.78 Å². The Morgan fingerprint density at radius 2 is 2.29 bits per heavy atom. The smallest absolute Gasteiger partial charge is 0.315 e. The Hall–Kier alpha value is -0.560. The van der Waals surface area contributed by atoms with Gasteiger partial charge < -0.3 is 14.2 Å². The van der Waals surface area contributed by atoms with E-state index in [1.807, 2.05) is 0 Å². The molecule has 2 atom stereocenters. The van der Waals surface area contributed by atoms with Crippen LogP contribution in [0.1, 0.15) is 5.56 Å². The molecule has 2 unspecified atom stereocenters. The first-order valence-corrected chi connectivity index (χ1v) is 6.12. The minimum atomic E-state index is -1.59. The highest BCUT2D eigenvalue weighted by atomic mass is 79.9. The van der Waals surface area contributed by atoms with E-state index in [4.69, 9.17) is 14.2 Å². The third-order valence-electron chi connectivity index (χ3n) is 2.48. The molecule has 1 heterocycles. The van der Waals surface area contributed by atoms with Gasteiger partial charge in [0.2, 0.25) is 0 Å². The minimum Gasteiger partial charge on any atom is -0.327 e. The number of ether oxygens (including phenoxy) is 3. The van der Waals surface area contributed by atoms with Gasteiger partial charge in [0.1, 0.15) is 11.6 Å². The predicted octanol–water partition coefficient (Wildman–Crippen LogP) is 2.53. The Bertz CT molecular complexity index is 416. The predicted molar refractivity (Wildman–Crippen MR) is 59.7 cm³/mol. The highest BCUT2D eigenvalue weighted by Crippen LogP contribution is 2.36. The second kappa shape index (κ2) is 4.97. The van der Waals surface area contributed by atoms with Gasteiger partial charge in [0, 0.05) is 18.5 Å². The normalized spacial score (nSPS) is 28.6. The van der Waals surface area contributed by atoms with Gasteiger partial charge in [-0.1, -0.05) is 15.9 Å². The standard InChI is InChI=1S/C11H11BrF2O3/c1-15-11(16-6-8(5-12)17-11)9-3-2-7(13)4-10(9)14/h2-4,8H,5-6H2,1H3. The lowest BCUT2D eigenvalue weighted by atomic mass is 10.1. The topological polar surface area (TPSA) is 27.7 Å². The van der Waals surface area contributed by atoms with Crippen molar-refractivity contribution in [3.63, 3.8) is 0 Å². The first-order valence-electron chi connectivity index (χ1n) is 4.99. The van der Waals surface area contributed by atoms with E-state index in [2.05, 4.69) is 15.9 Å². The maximum atomic E-state index is 13.7. The lowest BCUT2D eigenvalue weighted by Gasteiger charge is -2.26. The number of hydrogen-bond acceptors (Lipinski definition) is 3. The van der Waals surface area contributed by atoms with Gasteiger partial charge in [-0.05, 0) is 12.1 Å². The molecule has 0 N–H and O–H groups in total. The second-order valence-electron chi connectivity index (χ2n) is 3.59. The van der Waals surface area contributed by atoms with Crippen LogP contribution in [0.4, 0.5) is 8.78 Å². The number of halogens is 3. The number of hydrogen-bond donors (Lipinski definition) is 0. The summed E-state index contributed by atoms with van der Waals surface area (Å²) in [6.45, 7) is 0.274. The molecule has 0 amide bonds. The lowest BCUT2D eigenvalue weighted by Crippen LogP contribution is -2.31. The summed E-state index contributed by atoms with van der Waals surface area (Å²) in [5, 5.41) is 0.543. The summed E-state index contributed by atoms with van der Waals surface area (Å²) in [4.78, 5) is 0. The Balaban J connectivity index is 2.35. The average molecular weight is 309 g/mol. The van der Waals surface area contributed by atoms with Crippen molar-refractivity contribution in [3.8, 4) is 0 Å². The summed E-state index contributed by atoms with van der Waals surface area (Å²) in [7, 11) is 1.35. The maximum absolute atomic E-state index is 13.7. The van der Waals surface area contributed by atoms with E-state index < -0.39 is 17.6 Å². The molecule has 2 rings (SSSR count). The lowest BCUT2D eigenvalue weighted by molar-refractivity contribution is -0.338. The summed E-state index contributed by atoms with van der Waals surface area (Å²) < 4.78 is 42.5. The molecule has 1 fully saturated rings. The fourth-order valence-corrected chi connectivity index (χ4v) is 1.98. The molecule has 0 saturated carbocycles. The fraction of sp³-hybridized carbons (Fsp3) is 0.455. The third kappa shape index (κ3) is 2.35. The van der Waals surface area contributed by atoms with Crippen LogP contribution in [0.25, 0.3) is 0 Å². The second-order valence-corrected chi connectivity index (χ2v) is 4.24. The van der Waals surface area contributed by atoms with Crippen molar-refractivity contribution in [2.75, 3.05) is 19.0 Å². The summed E-state index contributed by atoms with van der Waals surface area (Å²) >= 11 is 3.25. The third-order valence-corrected chi connectivity index (χ3v) is 3.21. The highest BCUT2D eigenvalue weighted by molar-refractivity contribution is 9.09. The summed E-state index contributed by atoms with van der Waals surface area (Å²) in [6.07, 6.45) is -0.237. The Labute approximate surface area is 106 Å². The molecule has 0 aromatic heterocycles. The minimum absolute atomic E-state index is 0.0323. The Morgan fingerprint density at radius 3 is 2.82 bits per heavy atom. The van der Waals surface area contributed by atoms with Crippen LogP contribution < -0.4 is 0 Å². The first kappa shape index (κ1) is 12.9. The first-order chi connectivity index (χ1) is 8.11. The molecule has 1 aromatic rings. The van der Waals surface area contributed by atoms with Gasteiger partial charge in [-0.2, -0.15) is 0 Å². The zero-order valence-electron chi connectivity index (χ0n) is 9.08. The van der Waals surface area contributed by atoms with Crippen LogP contribution in [0.5, 0.6) is 0 Å². The van der Waals surface area contributed by atoms with Gasteiger partial charge in [0.25, 0.3) is 0 Å². The molecule has 1 aromatic carbocycles. The molecular formula is C11H11BrF2O3. The molecule has 3 nitrogen and oxygen atoms in total. The van der Waals surface area contributed by atoms with Gasteiger partial charge >= 0.3 is 5.97 Å². The van der Waals surface area contributed by atoms with Gasteiger partial charge in [0.05, 0.1) is 18.3 Å². The summed E-state index contributed by atoms with van der Waals surface area (Å²) in [5.41, 5.74) is 0.0323. The molecular weight excluding hydrogens is 298 g/mol. The van der Waals surface area contributed by atoms with Crippen LogP contribution in [-0.2, 0) is 20.2 Å². The molecule has 0 spiro atoms. The quantitative estimate of drug-likeness (QED) is 0.803. The van der Waals surface area contributed by atoms with Crippen molar-refractivity contribution < 1.29 is 23.0 Å². The van der Waals surface area contributed by atoms with Crippen molar-refractivity contribution in [1.82, 2.24) is 0 Å². The van der Waals surface area contributed by atoms with Gasteiger partial charge in [-0.15, -0.1) is 0 Å². The molecule has 17 heavy (non-hydrogen) atoms. The molecule has 6 heteroatoms. The number of alkyl halides is 1.